The Labute approximate surface area is 199 Å². The summed E-state index contributed by atoms with van der Waals surface area (Å²) in [4.78, 5) is 36.3. The van der Waals surface area contributed by atoms with Gasteiger partial charge in [-0.05, 0) is 41.0 Å². The summed E-state index contributed by atoms with van der Waals surface area (Å²) in [5.41, 5.74) is 4.37. The second-order valence-corrected chi connectivity index (χ2v) is 8.49. The van der Waals surface area contributed by atoms with E-state index in [9.17, 15) is 14.4 Å². The molecule has 2 aromatic rings. The lowest BCUT2D eigenvalue weighted by Crippen LogP contribution is -2.48. The van der Waals surface area contributed by atoms with E-state index in [0.717, 1.165) is 28.7 Å². The molecule has 8 heteroatoms. The molecule has 2 amide bonds. The summed E-state index contributed by atoms with van der Waals surface area (Å²) >= 11 is 0. The minimum absolute atomic E-state index is 0.0226. The Hall–Kier alpha value is -3.39. The van der Waals surface area contributed by atoms with E-state index in [1.807, 2.05) is 55.5 Å². The number of carbonyl (C=O) groups is 3. The van der Waals surface area contributed by atoms with Gasteiger partial charge in [-0.15, -0.1) is 0 Å². The molecule has 0 saturated carbocycles. The number of ether oxygens (including phenoxy) is 1. The highest BCUT2D eigenvalue weighted by Crippen LogP contribution is 2.44. The number of nitrogens with one attached hydrogen (secondary N) is 2. The summed E-state index contributed by atoms with van der Waals surface area (Å²) in [5.74, 6) is -1.54. The Balaban J connectivity index is 1.62. The van der Waals surface area contributed by atoms with Crippen LogP contribution in [0.5, 0.6) is 0 Å². The van der Waals surface area contributed by atoms with Crippen molar-refractivity contribution in [3.8, 4) is 11.1 Å². The van der Waals surface area contributed by atoms with E-state index in [-0.39, 0.29) is 37.9 Å². The fraction of sp³-hybridized carbons (Fsp3) is 0.423. The van der Waals surface area contributed by atoms with Crippen LogP contribution in [0.2, 0.25) is 0 Å². The zero-order chi connectivity index (χ0) is 24.5. The van der Waals surface area contributed by atoms with Crippen molar-refractivity contribution >= 4 is 18.0 Å². The maximum atomic E-state index is 12.7. The van der Waals surface area contributed by atoms with Crippen molar-refractivity contribution in [1.29, 1.82) is 0 Å². The van der Waals surface area contributed by atoms with E-state index in [4.69, 9.17) is 14.9 Å². The number of aliphatic hydroxyl groups is 1. The highest BCUT2D eigenvalue weighted by molar-refractivity contribution is 5.86. The van der Waals surface area contributed by atoms with E-state index < -0.39 is 24.0 Å². The van der Waals surface area contributed by atoms with Gasteiger partial charge >= 0.3 is 12.1 Å². The van der Waals surface area contributed by atoms with Crippen molar-refractivity contribution < 1.29 is 29.3 Å². The largest absolute Gasteiger partial charge is 0.481 e. The number of aliphatic hydroxyl groups excluding tert-OH is 1. The molecule has 2 atom stereocenters. The number of rotatable bonds is 12. The summed E-state index contributed by atoms with van der Waals surface area (Å²) in [5, 5.41) is 23.4. The Kier molecular flexibility index (Phi) is 9.04. The Morgan fingerprint density at radius 3 is 2.18 bits per heavy atom. The van der Waals surface area contributed by atoms with E-state index in [0.29, 0.717) is 13.0 Å². The first-order chi connectivity index (χ1) is 16.4. The van der Waals surface area contributed by atoms with E-state index >= 15 is 0 Å². The average Bonchev–Trinajstić information content (AvgIpc) is 3.16. The smallest absolute Gasteiger partial charge is 0.407 e. The first-order valence-corrected chi connectivity index (χ1v) is 11.7. The molecule has 1 aliphatic rings. The van der Waals surface area contributed by atoms with Crippen LogP contribution in [0.3, 0.4) is 0 Å². The van der Waals surface area contributed by atoms with Crippen molar-refractivity contribution in [3.63, 3.8) is 0 Å². The molecule has 0 fully saturated rings. The van der Waals surface area contributed by atoms with Gasteiger partial charge in [0, 0.05) is 25.5 Å². The van der Waals surface area contributed by atoms with Crippen molar-refractivity contribution in [1.82, 2.24) is 10.6 Å². The van der Waals surface area contributed by atoms with E-state index in [2.05, 4.69) is 10.6 Å². The summed E-state index contributed by atoms with van der Waals surface area (Å²) in [7, 11) is 0. The standard InChI is InChI=1S/C26H32N2O6/c1-2-17(13-14-29)15-27-25(32)23(11-12-24(30)31)28-26(33)34-16-22-20-9-5-3-7-18(20)19-8-4-6-10-21(19)22/h3-10,17,22-23,29H,2,11-16H2,1H3,(H,27,32)(H,28,33)(H,30,31). The van der Waals surface area contributed by atoms with Gasteiger partial charge in [-0.2, -0.15) is 0 Å². The monoisotopic (exact) mass is 468 g/mol. The van der Waals surface area contributed by atoms with Crippen molar-refractivity contribution in [2.24, 2.45) is 5.92 Å². The zero-order valence-electron chi connectivity index (χ0n) is 19.3. The number of fused-ring (bicyclic) bond motifs is 3. The molecular formula is C26H32N2O6. The van der Waals surface area contributed by atoms with Gasteiger partial charge in [-0.1, -0.05) is 61.9 Å². The van der Waals surface area contributed by atoms with Gasteiger partial charge in [0.05, 0.1) is 0 Å². The molecule has 182 valence electrons. The molecule has 0 saturated heterocycles. The van der Waals surface area contributed by atoms with Crippen LogP contribution in [-0.4, -0.2) is 54.0 Å². The molecule has 34 heavy (non-hydrogen) atoms. The molecule has 8 nitrogen and oxygen atoms in total. The quantitative estimate of drug-likeness (QED) is 0.379. The molecule has 0 aromatic heterocycles. The van der Waals surface area contributed by atoms with E-state index in [1.54, 1.807) is 0 Å². The first-order valence-electron chi connectivity index (χ1n) is 11.7. The predicted molar refractivity (Wildman–Crippen MR) is 127 cm³/mol. The third kappa shape index (κ3) is 6.35. The van der Waals surface area contributed by atoms with Crippen LogP contribution < -0.4 is 10.6 Å². The number of alkyl carbamates (subject to hydrolysis) is 1. The van der Waals surface area contributed by atoms with Crippen LogP contribution in [-0.2, 0) is 14.3 Å². The van der Waals surface area contributed by atoms with Crippen LogP contribution in [0.25, 0.3) is 11.1 Å². The van der Waals surface area contributed by atoms with Crippen LogP contribution in [0.15, 0.2) is 48.5 Å². The zero-order valence-corrected chi connectivity index (χ0v) is 19.3. The van der Waals surface area contributed by atoms with Gasteiger partial charge in [0.25, 0.3) is 0 Å². The fourth-order valence-electron chi connectivity index (χ4n) is 4.32. The van der Waals surface area contributed by atoms with Crippen molar-refractivity contribution in [2.45, 2.75) is 44.6 Å². The van der Waals surface area contributed by atoms with Gasteiger partial charge in [0.1, 0.15) is 12.6 Å². The molecule has 0 spiro atoms. The average molecular weight is 469 g/mol. The number of amides is 2. The summed E-state index contributed by atoms with van der Waals surface area (Å²) < 4.78 is 5.50. The molecule has 0 heterocycles. The van der Waals surface area contributed by atoms with Gasteiger partial charge in [-0.25, -0.2) is 4.79 Å². The lowest BCUT2D eigenvalue weighted by Gasteiger charge is -2.21. The van der Waals surface area contributed by atoms with Crippen molar-refractivity contribution in [3.05, 3.63) is 59.7 Å². The molecule has 3 rings (SSSR count). The number of benzene rings is 2. The first kappa shape index (κ1) is 25.2. The van der Waals surface area contributed by atoms with Gasteiger partial charge in [0.2, 0.25) is 5.91 Å². The van der Waals surface area contributed by atoms with E-state index in [1.165, 1.54) is 0 Å². The molecule has 2 unspecified atom stereocenters. The van der Waals surface area contributed by atoms with Crippen LogP contribution >= 0.6 is 0 Å². The summed E-state index contributed by atoms with van der Waals surface area (Å²) in [6, 6.07) is 14.9. The number of carboxylic acids is 1. The Morgan fingerprint density at radius 2 is 1.62 bits per heavy atom. The lowest BCUT2D eigenvalue weighted by atomic mass is 9.98. The number of carbonyl (C=O) groups excluding carboxylic acids is 2. The Morgan fingerprint density at radius 1 is 1.00 bits per heavy atom. The minimum atomic E-state index is -1.06. The second kappa shape index (κ2) is 12.2. The number of carboxylic acid groups (broad SMARTS) is 1. The predicted octanol–water partition coefficient (Wildman–Crippen LogP) is 3.28. The molecule has 0 aliphatic heterocycles. The number of hydrogen-bond donors (Lipinski definition) is 4. The third-order valence-electron chi connectivity index (χ3n) is 6.28. The lowest BCUT2D eigenvalue weighted by molar-refractivity contribution is -0.137. The SMILES string of the molecule is CCC(CCO)CNC(=O)C(CCC(=O)O)NC(=O)OCC1c2ccccc2-c2ccccc21. The molecular weight excluding hydrogens is 436 g/mol. The normalized spacial score (nSPS) is 13.9. The summed E-state index contributed by atoms with van der Waals surface area (Å²) in [6.07, 6.45) is 0.240. The fourth-order valence-corrected chi connectivity index (χ4v) is 4.32. The molecule has 4 N–H and O–H groups in total. The van der Waals surface area contributed by atoms with Gasteiger partial charge in [0.15, 0.2) is 0 Å². The Bertz CT molecular complexity index is 963. The molecule has 0 bridgehead atoms. The maximum absolute atomic E-state index is 12.7. The highest BCUT2D eigenvalue weighted by Gasteiger charge is 2.30. The van der Waals surface area contributed by atoms with Gasteiger partial charge < -0.3 is 25.6 Å². The number of hydrogen-bond acceptors (Lipinski definition) is 5. The molecule has 2 aromatic carbocycles. The molecule has 1 aliphatic carbocycles. The van der Waals surface area contributed by atoms with Gasteiger partial charge in [-0.3, -0.25) is 9.59 Å². The minimum Gasteiger partial charge on any atom is -0.481 e. The third-order valence-corrected chi connectivity index (χ3v) is 6.28. The topological polar surface area (TPSA) is 125 Å². The van der Waals surface area contributed by atoms with Crippen LogP contribution in [0.4, 0.5) is 4.79 Å². The second-order valence-electron chi connectivity index (χ2n) is 8.49. The molecule has 0 radical (unpaired) electrons. The number of aliphatic carboxylic acids is 1. The van der Waals surface area contributed by atoms with Crippen LogP contribution in [0.1, 0.15) is 49.7 Å². The highest BCUT2D eigenvalue weighted by atomic mass is 16.5. The summed E-state index contributed by atoms with van der Waals surface area (Å²) in [6.45, 7) is 2.42. The van der Waals surface area contributed by atoms with Crippen molar-refractivity contribution in [2.75, 3.05) is 19.8 Å². The van der Waals surface area contributed by atoms with Crippen LogP contribution in [0, 0.1) is 5.92 Å². The maximum Gasteiger partial charge on any atom is 0.407 e.